The number of nitro benzene ring substituents is 1. The molecule has 1 aromatic carbocycles. The second-order valence-electron chi connectivity index (χ2n) is 6.01. The van der Waals surface area contributed by atoms with E-state index in [-0.39, 0.29) is 23.2 Å². The summed E-state index contributed by atoms with van der Waals surface area (Å²) in [6.07, 6.45) is 2.38. The predicted molar refractivity (Wildman–Crippen MR) is 79.2 cm³/mol. The van der Waals surface area contributed by atoms with Crippen molar-refractivity contribution in [2.24, 2.45) is 11.1 Å². The maximum atomic E-state index is 11.1. The third-order valence-electron chi connectivity index (χ3n) is 4.43. The Hall–Kier alpha value is -2.21. The number of pyridine rings is 1. The molecule has 1 heterocycles. The molecule has 0 radical (unpaired) electrons. The Balaban J connectivity index is 2.01. The highest BCUT2D eigenvalue weighted by atomic mass is 16.6. The highest BCUT2D eigenvalue weighted by molar-refractivity contribution is 5.92. The van der Waals surface area contributed by atoms with Crippen LogP contribution in [0.3, 0.4) is 0 Å². The normalized spacial score (nSPS) is 23.6. The maximum absolute atomic E-state index is 11.1. The summed E-state index contributed by atoms with van der Waals surface area (Å²) in [6.45, 7) is 4.12. The smallest absolute Gasteiger partial charge is 0.279 e. The van der Waals surface area contributed by atoms with Crippen molar-refractivity contribution in [1.82, 2.24) is 4.98 Å². The number of fused-ring (bicyclic) bond motifs is 1. The first kappa shape index (κ1) is 13.8. The first-order chi connectivity index (χ1) is 9.91. The molecule has 1 fully saturated rings. The van der Waals surface area contributed by atoms with Gasteiger partial charge >= 0.3 is 0 Å². The Labute approximate surface area is 122 Å². The largest absolute Gasteiger partial charge is 0.487 e. The molecule has 2 N–H and O–H groups in total. The predicted octanol–water partition coefficient (Wildman–Crippen LogP) is 2.65. The minimum atomic E-state index is -0.406. The van der Waals surface area contributed by atoms with Gasteiger partial charge in [-0.25, -0.2) is 0 Å². The van der Waals surface area contributed by atoms with E-state index in [0.717, 1.165) is 6.42 Å². The average Bonchev–Trinajstić information content (AvgIpc) is 2.46. The molecular formula is C15H17N3O3. The van der Waals surface area contributed by atoms with Gasteiger partial charge in [0.25, 0.3) is 5.69 Å². The molecule has 0 saturated heterocycles. The molecule has 1 saturated carbocycles. The lowest BCUT2D eigenvalue weighted by Gasteiger charge is -2.49. The fraction of sp³-hybridized carbons (Fsp3) is 0.400. The van der Waals surface area contributed by atoms with Crippen LogP contribution in [-0.4, -0.2) is 22.1 Å². The Morgan fingerprint density at radius 1 is 1.43 bits per heavy atom. The average molecular weight is 287 g/mol. The van der Waals surface area contributed by atoms with E-state index in [1.54, 1.807) is 24.4 Å². The molecule has 1 aliphatic carbocycles. The van der Waals surface area contributed by atoms with Crippen LogP contribution in [0.15, 0.2) is 30.5 Å². The monoisotopic (exact) mass is 287 g/mol. The van der Waals surface area contributed by atoms with Crippen molar-refractivity contribution < 1.29 is 9.66 Å². The number of non-ortho nitro benzene ring substituents is 1. The van der Waals surface area contributed by atoms with Crippen LogP contribution < -0.4 is 10.5 Å². The lowest BCUT2D eigenvalue weighted by molar-refractivity contribution is -0.383. The van der Waals surface area contributed by atoms with Crippen LogP contribution in [0, 0.1) is 15.5 Å². The van der Waals surface area contributed by atoms with Gasteiger partial charge < -0.3 is 10.5 Å². The van der Waals surface area contributed by atoms with Crippen molar-refractivity contribution in [2.75, 3.05) is 0 Å². The third-order valence-corrected chi connectivity index (χ3v) is 4.43. The first-order valence-corrected chi connectivity index (χ1v) is 6.85. The van der Waals surface area contributed by atoms with E-state index in [0.29, 0.717) is 16.7 Å². The highest BCUT2D eigenvalue weighted by Crippen LogP contribution is 2.43. The summed E-state index contributed by atoms with van der Waals surface area (Å²) in [5, 5.41) is 11.6. The van der Waals surface area contributed by atoms with Gasteiger partial charge in [-0.2, -0.15) is 0 Å². The van der Waals surface area contributed by atoms with E-state index in [4.69, 9.17) is 10.5 Å². The van der Waals surface area contributed by atoms with Crippen LogP contribution in [0.25, 0.3) is 10.9 Å². The van der Waals surface area contributed by atoms with Gasteiger partial charge in [0, 0.05) is 30.1 Å². The number of benzene rings is 1. The van der Waals surface area contributed by atoms with Crippen LogP contribution >= 0.6 is 0 Å². The third kappa shape index (κ3) is 2.12. The van der Waals surface area contributed by atoms with Crippen molar-refractivity contribution in [3.05, 3.63) is 40.6 Å². The summed E-state index contributed by atoms with van der Waals surface area (Å²) in [4.78, 5) is 14.9. The Bertz CT molecular complexity index is 714. The number of hydrogen-bond acceptors (Lipinski definition) is 5. The number of rotatable bonds is 3. The number of nitrogens with zero attached hydrogens (tertiary/aromatic N) is 2. The Morgan fingerprint density at radius 3 is 2.81 bits per heavy atom. The molecule has 0 aliphatic heterocycles. The van der Waals surface area contributed by atoms with Gasteiger partial charge in [-0.05, 0) is 18.2 Å². The van der Waals surface area contributed by atoms with E-state index >= 15 is 0 Å². The fourth-order valence-corrected chi connectivity index (χ4v) is 2.66. The molecule has 1 aromatic heterocycles. The molecule has 21 heavy (non-hydrogen) atoms. The van der Waals surface area contributed by atoms with Gasteiger partial charge in [0.1, 0.15) is 17.4 Å². The molecule has 2 aromatic rings. The standard InChI is InChI=1S/C15H17N3O3/c1-15(2)12(16)8-13(15)21-11-6-5-10(18(19)20)9-4-3-7-17-14(9)11/h3-7,12-13H,8,16H2,1-2H3. The zero-order valence-corrected chi connectivity index (χ0v) is 11.9. The summed E-state index contributed by atoms with van der Waals surface area (Å²) >= 11 is 0. The minimum Gasteiger partial charge on any atom is -0.487 e. The molecule has 1 aliphatic rings. The summed E-state index contributed by atoms with van der Waals surface area (Å²) in [6, 6.07) is 6.56. The summed E-state index contributed by atoms with van der Waals surface area (Å²) in [5.74, 6) is 0.571. The molecule has 0 bridgehead atoms. The van der Waals surface area contributed by atoms with Gasteiger partial charge in [-0.1, -0.05) is 13.8 Å². The van der Waals surface area contributed by atoms with Gasteiger partial charge in [-0.3, -0.25) is 15.1 Å². The number of ether oxygens (including phenoxy) is 1. The van der Waals surface area contributed by atoms with Crippen LogP contribution in [0.5, 0.6) is 5.75 Å². The van der Waals surface area contributed by atoms with Gasteiger partial charge in [0.2, 0.25) is 0 Å². The van der Waals surface area contributed by atoms with Crippen LogP contribution in [0.1, 0.15) is 20.3 Å². The van der Waals surface area contributed by atoms with Crippen LogP contribution in [0.4, 0.5) is 5.69 Å². The fourth-order valence-electron chi connectivity index (χ4n) is 2.66. The molecule has 0 spiro atoms. The topological polar surface area (TPSA) is 91.3 Å². The second-order valence-corrected chi connectivity index (χ2v) is 6.01. The number of nitro groups is 1. The molecule has 2 atom stereocenters. The maximum Gasteiger partial charge on any atom is 0.279 e. The van der Waals surface area contributed by atoms with Crippen molar-refractivity contribution in [2.45, 2.75) is 32.4 Å². The lowest BCUT2D eigenvalue weighted by Crippen LogP contribution is -2.60. The van der Waals surface area contributed by atoms with E-state index in [2.05, 4.69) is 18.8 Å². The molecule has 110 valence electrons. The van der Waals surface area contributed by atoms with Gasteiger partial charge in [0.05, 0.1) is 10.3 Å². The summed E-state index contributed by atoms with van der Waals surface area (Å²) in [7, 11) is 0. The quantitative estimate of drug-likeness (QED) is 0.692. The first-order valence-electron chi connectivity index (χ1n) is 6.85. The molecular weight excluding hydrogens is 270 g/mol. The van der Waals surface area contributed by atoms with E-state index < -0.39 is 4.92 Å². The molecule has 3 rings (SSSR count). The summed E-state index contributed by atoms with van der Waals surface area (Å²) in [5.41, 5.74) is 6.44. The molecule has 0 amide bonds. The molecule has 6 nitrogen and oxygen atoms in total. The number of aromatic nitrogens is 1. The minimum absolute atomic E-state index is 0.000776. The van der Waals surface area contributed by atoms with Crippen molar-refractivity contribution in [3.8, 4) is 5.75 Å². The van der Waals surface area contributed by atoms with E-state index in [1.807, 2.05) is 0 Å². The van der Waals surface area contributed by atoms with E-state index in [9.17, 15) is 10.1 Å². The molecule has 2 unspecified atom stereocenters. The Kier molecular flexibility index (Phi) is 3.06. The summed E-state index contributed by atoms with van der Waals surface area (Å²) < 4.78 is 6.02. The Morgan fingerprint density at radius 2 is 2.19 bits per heavy atom. The van der Waals surface area contributed by atoms with Gasteiger partial charge in [0.15, 0.2) is 0 Å². The van der Waals surface area contributed by atoms with Crippen molar-refractivity contribution in [1.29, 1.82) is 0 Å². The number of nitrogens with two attached hydrogens (primary N) is 1. The van der Waals surface area contributed by atoms with Crippen LogP contribution in [0.2, 0.25) is 0 Å². The highest BCUT2D eigenvalue weighted by Gasteiger charge is 2.48. The SMILES string of the molecule is CC1(C)C(N)CC1Oc1ccc([N+](=O)[O-])c2cccnc12. The lowest BCUT2D eigenvalue weighted by atomic mass is 9.65. The number of hydrogen-bond donors (Lipinski definition) is 1. The van der Waals surface area contributed by atoms with E-state index in [1.165, 1.54) is 6.07 Å². The molecule has 6 heteroatoms. The van der Waals surface area contributed by atoms with Crippen molar-refractivity contribution >= 4 is 16.6 Å². The zero-order valence-electron chi connectivity index (χ0n) is 11.9. The van der Waals surface area contributed by atoms with Gasteiger partial charge in [-0.15, -0.1) is 0 Å². The zero-order chi connectivity index (χ0) is 15.2. The van der Waals surface area contributed by atoms with Crippen molar-refractivity contribution in [3.63, 3.8) is 0 Å². The second kappa shape index (κ2) is 4.66. The van der Waals surface area contributed by atoms with Crippen LogP contribution in [-0.2, 0) is 0 Å².